The molecule has 0 bridgehead atoms. The molecule has 0 spiro atoms. The molecule has 0 aliphatic carbocycles. The van der Waals surface area contributed by atoms with Crippen LogP contribution in [-0.2, 0) is 14.3 Å². The number of rotatable bonds is 8. The fraction of sp³-hybridized carbons (Fsp3) is 0.148. The average molecular weight is 486 g/mol. The van der Waals surface area contributed by atoms with Gasteiger partial charge < -0.3 is 19.8 Å². The second-order valence-corrected chi connectivity index (χ2v) is 8.49. The van der Waals surface area contributed by atoms with E-state index in [0.717, 1.165) is 5.56 Å². The maximum Gasteiger partial charge on any atom is 0.337 e. The molecule has 8 heteroatoms. The number of nitrogens with one attached hydrogen (secondary N) is 2. The van der Waals surface area contributed by atoms with E-state index in [1.165, 1.54) is 18.0 Å². The number of dihydropyridines is 1. The van der Waals surface area contributed by atoms with Crippen LogP contribution in [0.3, 0.4) is 0 Å². The highest BCUT2D eigenvalue weighted by Gasteiger charge is 2.38. The van der Waals surface area contributed by atoms with Crippen molar-refractivity contribution < 1.29 is 18.7 Å². The largest absolute Gasteiger partial charge is 0.468 e. The number of para-hydroxylation sites is 1. The van der Waals surface area contributed by atoms with Gasteiger partial charge in [-0.3, -0.25) is 4.79 Å². The average Bonchev–Trinajstić information content (AvgIpc) is 3.42. The van der Waals surface area contributed by atoms with Crippen molar-refractivity contribution in [2.24, 2.45) is 0 Å². The monoisotopic (exact) mass is 485 g/mol. The highest BCUT2D eigenvalue weighted by atomic mass is 32.2. The summed E-state index contributed by atoms with van der Waals surface area (Å²) in [6, 6.07) is 24.1. The normalized spacial score (nSPS) is 15.3. The van der Waals surface area contributed by atoms with Crippen molar-refractivity contribution in [1.29, 1.82) is 5.26 Å². The lowest BCUT2D eigenvalue weighted by atomic mass is 9.84. The summed E-state index contributed by atoms with van der Waals surface area (Å²) in [5.41, 5.74) is 2.50. The first kappa shape index (κ1) is 23.9. The van der Waals surface area contributed by atoms with Crippen molar-refractivity contribution in [2.45, 2.75) is 12.8 Å². The van der Waals surface area contributed by atoms with Crippen LogP contribution in [0, 0.1) is 11.3 Å². The molecule has 2 heterocycles. The predicted octanol–water partition coefficient (Wildman–Crippen LogP) is 5.05. The van der Waals surface area contributed by atoms with Crippen molar-refractivity contribution in [3.8, 4) is 6.07 Å². The number of esters is 1. The first-order valence-corrected chi connectivity index (χ1v) is 12.0. The molecule has 1 aliphatic rings. The zero-order valence-electron chi connectivity index (χ0n) is 19.0. The Balaban J connectivity index is 1.72. The molecule has 176 valence electrons. The van der Waals surface area contributed by atoms with Crippen LogP contribution in [0.25, 0.3) is 5.70 Å². The molecule has 0 saturated carbocycles. The predicted molar refractivity (Wildman–Crippen MR) is 135 cm³/mol. The lowest BCUT2D eigenvalue weighted by Gasteiger charge is -2.29. The maximum absolute atomic E-state index is 13.2. The number of allylic oxidation sites excluding steroid dienone is 1. The van der Waals surface area contributed by atoms with Gasteiger partial charge in [0.15, 0.2) is 0 Å². The van der Waals surface area contributed by atoms with Gasteiger partial charge in [-0.05, 0) is 36.8 Å². The molecule has 2 N–H and O–H groups in total. The van der Waals surface area contributed by atoms with E-state index in [2.05, 4.69) is 16.7 Å². The maximum atomic E-state index is 13.2. The molecule has 0 saturated heterocycles. The van der Waals surface area contributed by atoms with Crippen molar-refractivity contribution in [3.05, 3.63) is 107 Å². The number of anilines is 1. The zero-order chi connectivity index (χ0) is 24.6. The number of hydrogen-bond donors (Lipinski definition) is 2. The molecular weight excluding hydrogens is 462 g/mol. The van der Waals surface area contributed by atoms with E-state index in [1.54, 1.807) is 31.2 Å². The molecule has 1 aliphatic heterocycles. The summed E-state index contributed by atoms with van der Waals surface area (Å²) in [7, 11) is 0. The van der Waals surface area contributed by atoms with E-state index in [4.69, 9.17) is 9.15 Å². The van der Waals surface area contributed by atoms with Crippen molar-refractivity contribution >= 4 is 35.0 Å². The number of benzene rings is 2. The van der Waals surface area contributed by atoms with E-state index >= 15 is 0 Å². The molecule has 1 atom stereocenters. The summed E-state index contributed by atoms with van der Waals surface area (Å²) in [4.78, 5) is 25.8. The Kier molecular flexibility index (Phi) is 7.70. The summed E-state index contributed by atoms with van der Waals surface area (Å²) in [6.45, 7) is 1.91. The number of amides is 1. The minimum absolute atomic E-state index is 0.0596. The Morgan fingerprint density at radius 3 is 2.43 bits per heavy atom. The summed E-state index contributed by atoms with van der Waals surface area (Å²) in [5.74, 6) is -1.05. The SMILES string of the molecule is CCOC(=O)C1=C(c2ccccc2)NC(SCC(=O)Nc2ccccc2)=C(C#N)C1c1ccco1. The number of furan rings is 1. The van der Waals surface area contributed by atoms with Gasteiger partial charge in [-0.25, -0.2) is 4.79 Å². The number of carbonyl (C=O) groups is 2. The lowest BCUT2D eigenvalue weighted by Crippen LogP contribution is -2.29. The van der Waals surface area contributed by atoms with Gasteiger partial charge >= 0.3 is 5.97 Å². The number of hydrogen-bond acceptors (Lipinski definition) is 7. The highest BCUT2D eigenvalue weighted by molar-refractivity contribution is 8.03. The van der Waals surface area contributed by atoms with Crippen LogP contribution in [0.4, 0.5) is 5.69 Å². The Labute approximate surface area is 207 Å². The molecule has 2 aromatic carbocycles. The Morgan fingerprint density at radius 1 is 1.09 bits per heavy atom. The smallest absolute Gasteiger partial charge is 0.337 e. The van der Waals surface area contributed by atoms with Gasteiger partial charge in [0.25, 0.3) is 0 Å². The van der Waals surface area contributed by atoms with Crippen LogP contribution in [-0.4, -0.2) is 24.2 Å². The molecule has 1 aromatic heterocycles. The van der Waals surface area contributed by atoms with E-state index in [9.17, 15) is 14.9 Å². The van der Waals surface area contributed by atoms with Crippen molar-refractivity contribution in [3.63, 3.8) is 0 Å². The third kappa shape index (κ3) is 5.48. The molecule has 0 fully saturated rings. The second kappa shape index (κ2) is 11.3. The number of nitriles is 1. The summed E-state index contributed by atoms with van der Waals surface area (Å²) in [5, 5.41) is 16.7. The molecule has 1 amide bonds. The van der Waals surface area contributed by atoms with Gasteiger partial charge in [0, 0.05) is 5.69 Å². The van der Waals surface area contributed by atoms with Crippen LogP contribution in [0.2, 0.25) is 0 Å². The van der Waals surface area contributed by atoms with Crippen LogP contribution < -0.4 is 10.6 Å². The Bertz CT molecular complexity index is 1290. The number of thioether (sulfide) groups is 1. The lowest BCUT2D eigenvalue weighted by molar-refractivity contribution is -0.138. The fourth-order valence-electron chi connectivity index (χ4n) is 3.75. The molecule has 35 heavy (non-hydrogen) atoms. The van der Waals surface area contributed by atoms with Gasteiger partial charge in [-0.15, -0.1) is 0 Å². The molecule has 1 unspecified atom stereocenters. The minimum Gasteiger partial charge on any atom is -0.468 e. The molecule has 0 radical (unpaired) electrons. The van der Waals surface area contributed by atoms with Crippen molar-refractivity contribution in [2.75, 3.05) is 17.7 Å². The van der Waals surface area contributed by atoms with Gasteiger partial charge in [0.05, 0.1) is 52.5 Å². The van der Waals surface area contributed by atoms with Crippen LogP contribution in [0.15, 0.2) is 99.7 Å². The fourth-order valence-corrected chi connectivity index (χ4v) is 4.60. The van der Waals surface area contributed by atoms with Crippen LogP contribution in [0.1, 0.15) is 24.2 Å². The number of ether oxygens (including phenoxy) is 1. The van der Waals surface area contributed by atoms with Gasteiger partial charge in [0.2, 0.25) is 5.91 Å². The van der Waals surface area contributed by atoms with E-state index in [0.29, 0.717) is 22.2 Å². The quantitative estimate of drug-likeness (QED) is 0.430. The molecule has 7 nitrogen and oxygen atoms in total. The van der Waals surface area contributed by atoms with Crippen LogP contribution >= 0.6 is 11.8 Å². The standard InChI is InChI=1S/C27H23N3O4S/c1-2-33-27(32)24-23(21-14-9-15-34-21)20(16-28)26(30-25(24)18-10-5-3-6-11-18)35-17-22(31)29-19-12-7-4-8-13-19/h3-15,23,30H,2,17H2,1H3,(H,29,31). The molecule has 4 rings (SSSR count). The Hall–Kier alpha value is -4.22. The number of carbonyl (C=O) groups excluding carboxylic acids is 2. The first-order valence-electron chi connectivity index (χ1n) is 11.0. The minimum atomic E-state index is -0.787. The molecule has 3 aromatic rings. The highest BCUT2D eigenvalue weighted by Crippen LogP contribution is 2.43. The Morgan fingerprint density at radius 2 is 1.80 bits per heavy atom. The number of nitrogens with zero attached hydrogens (tertiary/aromatic N) is 1. The van der Waals surface area contributed by atoms with Crippen molar-refractivity contribution in [1.82, 2.24) is 5.32 Å². The van der Waals surface area contributed by atoms with E-state index in [-0.39, 0.29) is 29.4 Å². The van der Waals surface area contributed by atoms with E-state index < -0.39 is 11.9 Å². The molecular formula is C27H23N3O4S. The third-order valence-corrected chi connectivity index (χ3v) is 6.26. The van der Waals surface area contributed by atoms with Gasteiger partial charge in [-0.1, -0.05) is 60.3 Å². The van der Waals surface area contributed by atoms with E-state index in [1.807, 2.05) is 48.5 Å². The summed E-state index contributed by atoms with van der Waals surface area (Å²) in [6.07, 6.45) is 1.50. The topological polar surface area (TPSA) is 104 Å². The summed E-state index contributed by atoms with van der Waals surface area (Å²) < 4.78 is 11.0. The van der Waals surface area contributed by atoms with Gasteiger partial charge in [-0.2, -0.15) is 5.26 Å². The second-order valence-electron chi connectivity index (χ2n) is 7.51. The zero-order valence-corrected chi connectivity index (χ0v) is 19.8. The first-order chi connectivity index (χ1) is 17.1. The van der Waals surface area contributed by atoms with Crippen LogP contribution in [0.5, 0.6) is 0 Å². The summed E-state index contributed by atoms with van der Waals surface area (Å²) >= 11 is 1.19. The third-order valence-electron chi connectivity index (χ3n) is 5.24. The van der Waals surface area contributed by atoms with Gasteiger partial charge in [0.1, 0.15) is 5.76 Å².